The van der Waals surface area contributed by atoms with E-state index in [-0.39, 0.29) is 11.9 Å². The van der Waals surface area contributed by atoms with Gasteiger partial charge in [-0.05, 0) is 43.5 Å². The lowest BCUT2D eigenvalue weighted by atomic mass is 10.0. The largest absolute Gasteiger partial charge is 0.493 e. The van der Waals surface area contributed by atoms with Crippen molar-refractivity contribution in [1.82, 2.24) is 4.90 Å². The van der Waals surface area contributed by atoms with E-state index in [1.54, 1.807) is 0 Å². The molecule has 1 N–H and O–H groups in total. The third-order valence-corrected chi connectivity index (χ3v) is 4.43. The third kappa shape index (κ3) is 4.53. The number of piperidine rings is 1. The summed E-state index contributed by atoms with van der Waals surface area (Å²) in [5.41, 5.74) is 1.77. The molecule has 0 saturated carbocycles. The summed E-state index contributed by atoms with van der Waals surface area (Å²) in [6.07, 6.45) is 3.01. The first kappa shape index (κ1) is 17.3. The predicted octanol–water partition coefficient (Wildman–Crippen LogP) is 4.19. The summed E-state index contributed by atoms with van der Waals surface area (Å²) in [5.74, 6) is 0.749. The first-order valence-electron chi connectivity index (χ1n) is 9.10. The summed E-state index contributed by atoms with van der Waals surface area (Å²) >= 11 is 0. The Bertz CT molecular complexity index is 687. The lowest BCUT2D eigenvalue weighted by Gasteiger charge is -2.34. The van der Waals surface area contributed by atoms with Crippen LogP contribution in [0.4, 0.5) is 5.69 Å². The van der Waals surface area contributed by atoms with Crippen LogP contribution in [0.1, 0.15) is 36.5 Å². The van der Waals surface area contributed by atoms with E-state index in [0.29, 0.717) is 17.9 Å². The molecule has 1 heterocycles. The Morgan fingerprint density at radius 2 is 1.92 bits per heavy atom. The van der Waals surface area contributed by atoms with Crippen molar-refractivity contribution < 1.29 is 9.53 Å². The Hall–Kier alpha value is -2.49. The maximum atomic E-state index is 13.0. The Labute approximate surface area is 149 Å². The van der Waals surface area contributed by atoms with Gasteiger partial charge in [0.1, 0.15) is 5.75 Å². The molecule has 4 heteroatoms. The average Bonchev–Trinajstić information content (AvgIpc) is 2.67. The molecule has 1 unspecified atom stereocenters. The Balaban J connectivity index is 1.68. The van der Waals surface area contributed by atoms with E-state index >= 15 is 0 Å². The monoisotopic (exact) mass is 338 g/mol. The lowest BCUT2D eigenvalue weighted by molar-refractivity contribution is 0.0710. The zero-order valence-electron chi connectivity index (χ0n) is 14.8. The minimum Gasteiger partial charge on any atom is -0.493 e. The zero-order chi connectivity index (χ0) is 17.5. The first-order valence-corrected chi connectivity index (χ1v) is 9.10. The summed E-state index contributed by atoms with van der Waals surface area (Å²) in [7, 11) is 0. The first-order chi connectivity index (χ1) is 12.3. The van der Waals surface area contributed by atoms with Gasteiger partial charge >= 0.3 is 0 Å². The molecule has 2 aromatic rings. The predicted molar refractivity (Wildman–Crippen MR) is 101 cm³/mol. The van der Waals surface area contributed by atoms with Gasteiger partial charge < -0.3 is 15.0 Å². The highest BCUT2D eigenvalue weighted by atomic mass is 16.5. The quantitative estimate of drug-likeness (QED) is 0.858. The van der Waals surface area contributed by atoms with Crippen LogP contribution in [-0.4, -0.2) is 36.5 Å². The molecule has 4 nitrogen and oxygen atoms in total. The van der Waals surface area contributed by atoms with Crippen LogP contribution >= 0.6 is 0 Å². The molecule has 2 aromatic carbocycles. The van der Waals surface area contributed by atoms with E-state index in [9.17, 15) is 4.79 Å². The van der Waals surface area contributed by atoms with Gasteiger partial charge in [-0.3, -0.25) is 4.79 Å². The SMILES string of the molecule is CCCOc1ccccc1C(=O)N1CCCC(Nc2ccccc2)C1. The number of hydrogen-bond donors (Lipinski definition) is 1. The smallest absolute Gasteiger partial charge is 0.257 e. The number of anilines is 1. The van der Waals surface area contributed by atoms with E-state index in [1.807, 2.05) is 47.4 Å². The van der Waals surface area contributed by atoms with Crippen molar-refractivity contribution in [2.75, 3.05) is 25.0 Å². The highest BCUT2D eigenvalue weighted by molar-refractivity contribution is 5.97. The summed E-state index contributed by atoms with van der Waals surface area (Å²) in [5, 5.41) is 3.54. The van der Waals surface area contributed by atoms with E-state index in [1.165, 1.54) is 0 Å². The van der Waals surface area contributed by atoms with Crippen molar-refractivity contribution in [1.29, 1.82) is 0 Å². The molecule has 1 amide bonds. The maximum absolute atomic E-state index is 13.0. The van der Waals surface area contributed by atoms with Crippen molar-refractivity contribution in [3.05, 3.63) is 60.2 Å². The summed E-state index contributed by atoms with van der Waals surface area (Å²) < 4.78 is 5.76. The second-order valence-electron chi connectivity index (χ2n) is 6.45. The van der Waals surface area contributed by atoms with Gasteiger partial charge in [0.15, 0.2) is 0 Å². The molecule has 132 valence electrons. The fourth-order valence-corrected chi connectivity index (χ4v) is 3.20. The highest BCUT2D eigenvalue weighted by Crippen LogP contribution is 2.23. The molecule has 0 aliphatic carbocycles. The van der Waals surface area contributed by atoms with Crippen molar-refractivity contribution in [2.24, 2.45) is 0 Å². The molecule has 3 rings (SSSR count). The average molecular weight is 338 g/mol. The van der Waals surface area contributed by atoms with Gasteiger partial charge in [0.05, 0.1) is 12.2 Å². The molecule has 0 bridgehead atoms. The van der Waals surface area contributed by atoms with Crippen LogP contribution < -0.4 is 10.1 Å². The molecule has 1 aliphatic heterocycles. The van der Waals surface area contributed by atoms with Crippen molar-refractivity contribution in [3.8, 4) is 5.75 Å². The van der Waals surface area contributed by atoms with Crippen LogP contribution in [-0.2, 0) is 0 Å². The van der Waals surface area contributed by atoms with Crippen LogP contribution in [0.2, 0.25) is 0 Å². The number of nitrogens with one attached hydrogen (secondary N) is 1. The van der Waals surface area contributed by atoms with Crippen molar-refractivity contribution in [3.63, 3.8) is 0 Å². The number of likely N-dealkylation sites (tertiary alicyclic amines) is 1. The van der Waals surface area contributed by atoms with Gasteiger partial charge in [0, 0.05) is 24.8 Å². The normalized spacial score (nSPS) is 17.2. The number of carbonyl (C=O) groups excluding carboxylic acids is 1. The second kappa shape index (κ2) is 8.56. The fourth-order valence-electron chi connectivity index (χ4n) is 3.20. The van der Waals surface area contributed by atoms with Crippen molar-refractivity contribution >= 4 is 11.6 Å². The molecular formula is C21H26N2O2. The molecule has 1 atom stereocenters. The van der Waals surface area contributed by atoms with Crippen LogP contribution in [0.15, 0.2) is 54.6 Å². The van der Waals surface area contributed by atoms with Gasteiger partial charge in [-0.25, -0.2) is 0 Å². The van der Waals surface area contributed by atoms with Gasteiger partial charge in [-0.2, -0.15) is 0 Å². The molecule has 0 spiro atoms. The van der Waals surface area contributed by atoms with E-state index in [4.69, 9.17) is 4.74 Å². The van der Waals surface area contributed by atoms with Crippen LogP contribution in [0.5, 0.6) is 5.75 Å². The Morgan fingerprint density at radius 1 is 1.16 bits per heavy atom. The van der Waals surface area contributed by atoms with Gasteiger partial charge in [-0.1, -0.05) is 37.3 Å². The van der Waals surface area contributed by atoms with E-state index in [0.717, 1.165) is 38.0 Å². The summed E-state index contributed by atoms with van der Waals surface area (Å²) in [6.45, 7) is 4.21. The molecule has 1 fully saturated rings. The zero-order valence-corrected chi connectivity index (χ0v) is 14.8. The van der Waals surface area contributed by atoms with Crippen LogP contribution in [0.25, 0.3) is 0 Å². The number of hydrogen-bond acceptors (Lipinski definition) is 3. The van der Waals surface area contributed by atoms with E-state index < -0.39 is 0 Å². The number of nitrogens with zero attached hydrogens (tertiary/aromatic N) is 1. The van der Waals surface area contributed by atoms with Crippen LogP contribution in [0.3, 0.4) is 0 Å². The molecular weight excluding hydrogens is 312 g/mol. The molecule has 1 saturated heterocycles. The molecule has 0 aromatic heterocycles. The standard InChI is InChI=1S/C21H26N2O2/c1-2-15-25-20-13-7-6-12-19(20)21(24)23-14-8-11-18(16-23)22-17-9-4-3-5-10-17/h3-7,9-10,12-13,18,22H,2,8,11,14-16H2,1H3. The maximum Gasteiger partial charge on any atom is 0.257 e. The summed E-state index contributed by atoms with van der Waals surface area (Å²) in [6, 6.07) is 18.0. The van der Waals surface area contributed by atoms with Gasteiger partial charge in [0.25, 0.3) is 5.91 Å². The lowest BCUT2D eigenvalue weighted by Crippen LogP contribution is -2.45. The number of rotatable bonds is 6. The number of benzene rings is 2. The number of carbonyl (C=O) groups is 1. The van der Waals surface area contributed by atoms with E-state index in [2.05, 4.69) is 24.4 Å². The summed E-state index contributed by atoms with van der Waals surface area (Å²) in [4.78, 5) is 14.9. The molecule has 1 aliphatic rings. The van der Waals surface area contributed by atoms with Crippen molar-refractivity contribution in [2.45, 2.75) is 32.2 Å². The third-order valence-electron chi connectivity index (χ3n) is 4.43. The molecule has 25 heavy (non-hydrogen) atoms. The minimum atomic E-state index is 0.0614. The fraction of sp³-hybridized carbons (Fsp3) is 0.381. The van der Waals surface area contributed by atoms with Crippen LogP contribution in [0, 0.1) is 0 Å². The highest BCUT2D eigenvalue weighted by Gasteiger charge is 2.26. The number of para-hydroxylation sites is 2. The second-order valence-corrected chi connectivity index (χ2v) is 6.45. The van der Waals surface area contributed by atoms with Gasteiger partial charge in [0.2, 0.25) is 0 Å². The number of ether oxygens (including phenoxy) is 1. The topological polar surface area (TPSA) is 41.6 Å². The Morgan fingerprint density at radius 3 is 2.72 bits per heavy atom. The molecule has 0 radical (unpaired) electrons. The number of amides is 1. The minimum absolute atomic E-state index is 0.0614. The van der Waals surface area contributed by atoms with Gasteiger partial charge in [-0.15, -0.1) is 0 Å². The Kier molecular flexibility index (Phi) is 5.94.